The summed E-state index contributed by atoms with van der Waals surface area (Å²) in [7, 11) is 3.15. The molecule has 2 rings (SSSR count). The van der Waals surface area contributed by atoms with Crippen molar-refractivity contribution in [3.05, 3.63) is 79.4 Å². The predicted octanol–water partition coefficient (Wildman–Crippen LogP) is 2.66. The lowest BCUT2D eigenvalue weighted by Gasteiger charge is -2.12. The Morgan fingerprint density at radius 3 is 2.42 bits per heavy atom. The quantitative estimate of drug-likeness (QED) is 0.440. The summed E-state index contributed by atoms with van der Waals surface area (Å²) in [5, 5.41) is 29.2. The lowest BCUT2D eigenvalue weighted by atomic mass is 9.95. The molecule has 0 saturated carbocycles. The molecule has 0 atom stereocenters. The number of nitro groups is 2. The van der Waals surface area contributed by atoms with E-state index in [9.17, 15) is 20.2 Å². The molecule has 0 saturated heterocycles. The molecule has 0 aliphatic rings. The maximum atomic E-state index is 11.2. The monoisotopic (exact) mass is 358 g/mol. The number of non-ortho nitro benzene ring substituents is 2. The van der Waals surface area contributed by atoms with Crippen molar-refractivity contribution in [1.29, 1.82) is 0 Å². The lowest BCUT2D eigenvalue weighted by molar-refractivity contribution is -0.385. The number of hydrogen-bond acceptors (Lipinski definition) is 7. The molecule has 0 unspecified atom stereocenters. The molecule has 2 aromatic carbocycles. The van der Waals surface area contributed by atoms with E-state index in [1.165, 1.54) is 37.4 Å². The molecule has 9 nitrogen and oxygen atoms in total. The number of nitrogens with one attached hydrogen (secondary N) is 1. The summed E-state index contributed by atoms with van der Waals surface area (Å²) in [6, 6.07) is 10.4. The number of nitro benzene ring substituents is 2. The smallest absolute Gasteiger partial charge is 0.270 e. The Balaban J connectivity index is 2.63. The van der Waals surface area contributed by atoms with E-state index < -0.39 is 9.85 Å². The van der Waals surface area contributed by atoms with Gasteiger partial charge in [0.15, 0.2) is 0 Å². The van der Waals surface area contributed by atoms with E-state index in [0.29, 0.717) is 29.8 Å². The maximum Gasteiger partial charge on any atom is 0.270 e. The lowest BCUT2D eigenvalue weighted by Crippen LogP contribution is -2.14. The van der Waals surface area contributed by atoms with Gasteiger partial charge in [-0.05, 0) is 25.6 Å². The minimum Gasteiger partial charge on any atom is -0.399 e. The topological polar surface area (TPSA) is 120 Å². The van der Waals surface area contributed by atoms with E-state index in [1.54, 1.807) is 19.2 Å². The summed E-state index contributed by atoms with van der Waals surface area (Å²) in [6.45, 7) is 0.653. The van der Waals surface area contributed by atoms with Crippen LogP contribution in [0, 0.1) is 20.2 Å². The molecule has 0 amide bonds. The van der Waals surface area contributed by atoms with Gasteiger partial charge in [-0.2, -0.15) is 0 Å². The van der Waals surface area contributed by atoms with Gasteiger partial charge in [-0.3, -0.25) is 20.2 Å². The number of nitrogens with zero attached hydrogens (tertiary/aromatic N) is 3. The van der Waals surface area contributed by atoms with Crippen molar-refractivity contribution in [3.63, 3.8) is 0 Å². The summed E-state index contributed by atoms with van der Waals surface area (Å²) < 4.78 is 0. The Bertz CT molecular complexity index is 851. The first kappa shape index (κ1) is 19.0. The summed E-state index contributed by atoms with van der Waals surface area (Å²) in [4.78, 5) is 26.1. The van der Waals surface area contributed by atoms with E-state index in [4.69, 9.17) is 4.84 Å². The Labute approximate surface area is 149 Å². The molecule has 0 heterocycles. The number of hydrogen-bond donors (Lipinski definition) is 1. The molecule has 0 fully saturated rings. The molecule has 0 aliphatic heterocycles. The molecule has 0 bridgehead atoms. The van der Waals surface area contributed by atoms with Gasteiger partial charge in [-0.15, -0.1) is 0 Å². The van der Waals surface area contributed by atoms with Crippen molar-refractivity contribution in [2.75, 3.05) is 20.7 Å². The van der Waals surface area contributed by atoms with Crippen LogP contribution in [0.4, 0.5) is 11.4 Å². The van der Waals surface area contributed by atoms with Gasteiger partial charge in [-0.1, -0.05) is 23.4 Å². The number of benzene rings is 2. The standard InChI is InChI=1S/C17H18N4O5/c1-18-9-8-12-6-7-15(21(24)25)11-16(12)17(19-26-2)13-4-3-5-14(10-13)20(22)23/h3-7,10-11,18H,8-9H2,1-2H3/b19-17-. The van der Waals surface area contributed by atoms with Crippen molar-refractivity contribution in [1.82, 2.24) is 5.32 Å². The fourth-order valence-electron chi connectivity index (χ4n) is 2.49. The molecule has 0 radical (unpaired) electrons. The third-order valence-corrected chi connectivity index (χ3v) is 3.72. The minimum absolute atomic E-state index is 0.0950. The van der Waals surface area contributed by atoms with Crippen molar-refractivity contribution >= 4 is 17.1 Å². The van der Waals surface area contributed by atoms with Gasteiger partial charge >= 0.3 is 0 Å². The Hall–Kier alpha value is -3.33. The van der Waals surface area contributed by atoms with Gasteiger partial charge in [0.25, 0.3) is 11.4 Å². The van der Waals surface area contributed by atoms with Crippen LogP contribution in [-0.2, 0) is 11.3 Å². The Kier molecular flexibility index (Phi) is 6.34. The third kappa shape index (κ3) is 4.39. The Morgan fingerprint density at radius 2 is 1.81 bits per heavy atom. The number of likely N-dealkylation sites (N-methyl/N-ethyl adjacent to an activating group) is 1. The minimum atomic E-state index is -0.511. The van der Waals surface area contributed by atoms with Crippen LogP contribution in [-0.4, -0.2) is 36.3 Å². The van der Waals surface area contributed by atoms with Crippen LogP contribution in [0.5, 0.6) is 0 Å². The third-order valence-electron chi connectivity index (χ3n) is 3.72. The largest absolute Gasteiger partial charge is 0.399 e. The van der Waals surface area contributed by atoms with Gasteiger partial charge in [0.2, 0.25) is 0 Å². The van der Waals surface area contributed by atoms with Crippen molar-refractivity contribution in [2.45, 2.75) is 6.42 Å². The summed E-state index contributed by atoms with van der Waals surface area (Å²) >= 11 is 0. The first-order valence-corrected chi connectivity index (χ1v) is 7.76. The van der Waals surface area contributed by atoms with E-state index in [1.807, 2.05) is 0 Å². The molecule has 1 N–H and O–H groups in total. The zero-order valence-electron chi connectivity index (χ0n) is 14.3. The highest BCUT2D eigenvalue weighted by atomic mass is 16.6. The predicted molar refractivity (Wildman–Crippen MR) is 96.5 cm³/mol. The van der Waals surface area contributed by atoms with Crippen molar-refractivity contribution in [2.24, 2.45) is 5.16 Å². The summed E-state index contributed by atoms with van der Waals surface area (Å²) in [5.41, 5.74) is 1.85. The van der Waals surface area contributed by atoms with Gasteiger partial charge in [0, 0.05) is 35.4 Å². The average Bonchev–Trinajstić information content (AvgIpc) is 2.64. The Morgan fingerprint density at radius 1 is 1.12 bits per heavy atom. The molecule has 0 aromatic heterocycles. The van der Waals surface area contributed by atoms with E-state index in [2.05, 4.69) is 10.5 Å². The fraction of sp³-hybridized carbons (Fsp3) is 0.235. The first-order chi connectivity index (χ1) is 12.5. The van der Waals surface area contributed by atoms with Gasteiger partial charge < -0.3 is 10.2 Å². The fourth-order valence-corrected chi connectivity index (χ4v) is 2.49. The molecule has 0 aliphatic carbocycles. The van der Waals surface area contributed by atoms with Crippen LogP contribution in [0.1, 0.15) is 16.7 Å². The van der Waals surface area contributed by atoms with Crippen molar-refractivity contribution < 1.29 is 14.7 Å². The normalized spacial score (nSPS) is 11.2. The molecular formula is C17H18N4O5. The number of oxime groups is 1. The van der Waals surface area contributed by atoms with E-state index >= 15 is 0 Å². The number of rotatable bonds is 8. The van der Waals surface area contributed by atoms with Crippen LogP contribution < -0.4 is 5.32 Å². The van der Waals surface area contributed by atoms with E-state index in [0.717, 1.165) is 5.56 Å². The zero-order chi connectivity index (χ0) is 19.1. The highest BCUT2D eigenvalue weighted by molar-refractivity contribution is 6.14. The summed E-state index contributed by atoms with van der Waals surface area (Å²) in [6.07, 6.45) is 0.599. The maximum absolute atomic E-state index is 11.2. The first-order valence-electron chi connectivity index (χ1n) is 7.76. The van der Waals surface area contributed by atoms with Crippen LogP contribution in [0.15, 0.2) is 47.6 Å². The van der Waals surface area contributed by atoms with Gasteiger partial charge in [0.05, 0.1) is 9.85 Å². The van der Waals surface area contributed by atoms with Gasteiger partial charge in [-0.25, -0.2) is 0 Å². The highest BCUT2D eigenvalue weighted by Crippen LogP contribution is 2.24. The molecular weight excluding hydrogens is 340 g/mol. The zero-order valence-corrected chi connectivity index (χ0v) is 14.3. The van der Waals surface area contributed by atoms with Crippen LogP contribution in [0.3, 0.4) is 0 Å². The molecule has 26 heavy (non-hydrogen) atoms. The van der Waals surface area contributed by atoms with Crippen molar-refractivity contribution in [3.8, 4) is 0 Å². The average molecular weight is 358 g/mol. The molecule has 2 aromatic rings. The van der Waals surface area contributed by atoms with E-state index in [-0.39, 0.29) is 11.4 Å². The van der Waals surface area contributed by atoms with Gasteiger partial charge in [0.1, 0.15) is 12.8 Å². The summed E-state index contributed by atoms with van der Waals surface area (Å²) in [5.74, 6) is 0. The van der Waals surface area contributed by atoms with Crippen LogP contribution in [0.2, 0.25) is 0 Å². The second-order valence-electron chi connectivity index (χ2n) is 5.38. The second kappa shape index (κ2) is 8.67. The molecule has 0 spiro atoms. The SMILES string of the molecule is CNCCc1ccc([N+](=O)[O-])cc1/C(=N\OC)c1cccc([N+](=O)[O-])c1. The molecule has 9 heteroatoms. The second-order valence-corrected chi connectivity index (χ2v) is 5.38. The van der Waals surface area contributed by atoms with Crippen LogP contribution in [0.25, 0.3) is 0 Å². The highest BCUT2D eigenvalue weighted by Gasteiger charge is 2.19. The van der Waals surface area contributed by atoms with Crippen LogP contribution >= 0.6 is 0 Å². The molecule has 136 valence electrons.